The van der Waals surface area contributed by atoms with E-state index in [1.54, 1.807) is 7.11 Å². The highest BCUT2D eigenvalue weighted by Gasteiger charge is 2.19. The van der Waals surface area contributed by atoms with Crippen molar-refractivity contribution in [2.45, 2.75) is 20.3 Å². The minimum atomic E-state index is -0.589. The number of carbonyl (C=O) groups excluding carboxylic acids is 1. The standard InChI is InChI=1S/C12H19ClN4O2/c1-12(2,4-5-19-3)7-15-11-8(10(14)18)6-9(13)16-17-11/h6H,4-5,7H2,1-3H3,(H2,14,18)(H,15,17). The average molecular weight is 287 g/mol. The zero-order chi connectivity index (χ0) is 14.5. The summed E-state index contributed by atoms with van der Waals surface area (Å²) in [6, 6.07) is 1.40. The van der Waals surface area contributed by atoms with E-state index in [-0.39, 0.29) is 16.1 Å². The van der Waals surface area contributed by atoms with Gasteiger partial charge in [0.05, 0.1) is 5.56 Å². The second-order valence-corrected chi connectivity index (χ2v) is 5.44. The quantitative estimate of drug-likeness (QED) is 0.796. The van der Waals surface area contributed by atoms with Gasteiger partial charge in [-0.1, -0.05) is 25.4 Å². The maximum absolute atomic E-state index is 11.3. The molecule has 19 heavy (non-hydrogen) atoms. The Labute approximate surface area is 117 Å². The van der Waals surface area contributed by atoms with Gasteiger partial charge in [-0.2, -0.15) is 0 Å². The molecule has 106 valence electrons. The van der Waals surface area contributed by atoms with E-state index in [2.05, 4.69) is 29.4 Å². The van der Waals surface area contributed by atoms with E-state index in [9.17, 15) is 4.79 Å². The van der Waals surface area contributed by atoms with E-state index >= 15 is 0 Å². The number of nitrogens with one attached hydrogen (secondary N) is 1. The van der Waals surface area contributed by atoms with Crippen molar-refractivity contribution in [1.82, 2.24) is 10.2 Å². The lowest BCUT2D eigenvalue weighted by Crippen LogP contribution is -2.26. The first kappa shape index (κ1) is 15.7. The van der Waals surface area contributed by atoms with Crippen LogP contribution in [0.3, 0.4) is 0 Å². The van der Waals surface area contributed by atoms with Gasteiger partial charge < -0.3 is 15.8 Å². The minimum absolute atomic E-state index is 0.00770. The molecule has 1 amide bonds. The van der Waals surface area contributed by atoms with Gasteiger partial charge >= 0.3 is 0 Å². The molecule has 0 spiro atoms. The minimum Gasteiger partial charge on any atom is -0.385 e. The molecule has 0 saturated carbocycles. The first-order valence-corrected chi connectivity index (χ1v) is 6.29. The lowest BCUT2D eigenvalue weighted by Gasteiger charge is -2.25. The molecular weight excluding hydrogens is 268 g/mol. The molecule has 0 saturated heterocycles. The summed E-state index contributed by atoms with van der Waals surface area (Å²) in [6.07, 6.45) is 0.878. The van der Waals surface area contributed by atoms with Crippen LogP contribution in [0.5, 0.6) is 0 Å². The highest BCUT2D eigenvalue weighted by Crippen LogP contribution is 2.22. The first-order valence-electron chi connectivity index (χ1n) is 5.91. The second-order valence-electron chi connectivity index (χ2n) is 5.05. The molecular formula is C12H19ClN4O2. The zero-order valence-corrected chi connectivity index (χ0v) is 12.1. The van der Waals surface area contributed by atoms with Crippen LogP contribution in [0, 0.1) is 5.41 Å². The fourth-order valence-electron chi connectivity index (χ4n) is 1.48. The normalized spacial score (nSPS) is 11.4. The Bertz CT molecular complexity index is 451. The molecule has 7 heteroatoms. The van der Waals surface area contributed by atoms with Gasteiger partial charge in [0.2, 0.25) is 0 Å². The molecule has 0 aliphatic heterocycles. The molecule has 0 atom stereocenters. The van der Waals surface area contributed by atoms with E-state index in [1.165, 1.54) is 6.07 Å². The summed E-state index contributed by atoms with van der Waals surface area (Å²) in [5.41, 5.74) is 5.51. The number of aromatic nitrogens is 2. The SMILES string of the molecule is COCCC(C)(C)CNc1nnc(Cl)cc1C(N)=O. The van der Waals surface area contributed by atoms with Gasteiger partial charge in [0.25, 0.3) is 5.91 Å². The predicted molar refractivity (Wildman–Crippen MR) is 74.3 cm³/mol. The lowest BCUT2D eigenvalue weighted by molar-refractivity contribution is 0.100. The Morgan fingerprint density at radius 1 is 1.53 bits per heavy atom. The molecule has 0 bridgehead atoms. The van der Waals surface area contributed by atoms with Crippen molar-refractivity contribution in [3.63, 3.8) is 0 Å². The Kier molecular flexibility index (Phi) is 5.50. The molecule has 0 aliphatic rings. The van der Waals surface area contributed by atoms with E-state index in [4.69, 9.17) is 22.1 Å². The number of ether oxygens (including phenoxy) is 1. The lowest BCUT2D eigenvalue weighted by atomic mass is 9.89. The van der Waals surface area contributed by atoms with Gasteiger partial charge in [-0.05, 0) is 17.9 Å². The van der Waals surface area contributed by atoms with Gasteiger partial charge in [-0.25, -0.2) is 0 Å². The number of primary amides is 1. The smallest absolute Gasteiger partial charge is 0.252 e. The van der Waals surface area contributed by atoms with Crippen LogP contribution >= 0.6 is 11.6 Å². The molecule has 6 nitrogen and oxygen atoms in total. The van der Waals surface area contributed by atoms with E-state index in [0.29, 0.717) is 19.0 Å². The van der Waals surface area contributed by atoms with Crippen LogP contribution < -0.4 is 11.1 Å². The topological polar surface area (TPSA) is 90.1 Å². The molecule has 1 rings (SSSR count). The van der Waals surface area contributed by atoms with Gasteiger partial charge in [-0.15, -0.1) is 10.2 Å². The van der Waals surface area contributed by atoms with Crippen molar-refractivity contribution in [1.29, 1.82) is 0 Å². The Hall–Kier alpha value is -1.40. The number of amides is 1. The van der Waals surface area contributed by atoms with Crippen molar-refractivity contribution in [2.24, 2.45) is 11.1 Å². The maximum atomic E-state index is 11.3. The number of rotatable bonds is 7. The highest BCUT2D eigenvalue weighted by molar-refractivity contribution is 6.29. The fraction of sp³-hybridized carbons (Fsp3) is 0.583. The first-order chi connectivity index (χ1) is 8.85. The number of nitrogens with zero attached hydrogens (tertiary/aromatic N) is 2. The summed E-state index contributed by atoms with van der Waals surface area (Å²) in [6.45, 7) is 5.47. The van der Waals surface area contributed by atoms with Crippen molar-refractivity contribution in [3.8, 4) is 0 Å². The highest BCUT2D eigenvalue weighted by atomic mass is 35.5. The van der Waals surface area contributed by atoms with Crippen molar-refractivity contribution in [3.05, 3.63) is 16.8 Å². The van der Waals surface area contributed by atoms with Crippen LogP contribution in [0.1, 0.15) is 30.6 Å². The Morgan fingerprint density at radius 2 is 2.21 bits per heavy atom. The van der Waals surface area contributed by atoms with E-state index in [0.717, 1.165) is 6.42 Å². The van der Waals surface area contributed by atoms with Gasteiger partial charge in [0, 0.05) is 20.3 Å². The third kappa shape index (κ3) is 5.00. The summed E-state index contributed by atoms with van der Waals surface area (Å²) in [4.78, 5) is 11.3. The Morgan fingerprint density at radius 3 is 2.79 bits per heavy atom. The summed E-state index contributed by atoms with van der Waals surface area (Å²) in [5.74, 6) is -0.239. The van der Waals surface area contributed by atoms with Crippen LogP contribution in [-0.2, 0) is 4.74 Å². The van der Waals surface area contributed by atoms with Crippen LogP contribution in [0.15, 0.2) is 6.07 Å². The average Bonchev–Trinajstić information content (AvgIpc) is 2.35. The van der Waals surface area contributed by atoms with Crippen LogP contribution in [0.25, 0.3) is 0 Å². The summed E-state index contributed by atoms with van der Waals surface area (Å²) in [5, 5.41) is 10.8. The van der Waals surface area contributed by atoms with Crippen molar-refractivity contribution < 1.29 is 9.53 Å². The fourth-order valence-corrected chi connectivity index (χ4v) is 1.62. The van der Waals surface area contributed by atoms with Gasteiger partial charge in [-0.3, -0.25) is 4.79 Å². The van der Waals surface area contributed by atoms with Gasteiger partial charge in [0.15, 0.2) is 11.0 Å². The number of anilines is 1. The number of hydrogen-bond acceptors (Lipinski definition) is 5. The summed E-state index contributed by atoms with van der Waals surface area (Å²) < 4.78 is 5.06. The number of methoxy groups -OCH3 is 1. The maximum Gasteiger partial charge on any atom is 0.252 e. The molecule has 0 unspecified atom stereocenters. The van der Waals surface area contributed by atoms with Crippen molar-refractivity contribution in [2.75, 3.05) is 25.6 Å². The molecule has 3 N–H and O–H groups in total. The third-order valence-corrected chi connectivity index (χ3v) is 2.93. The van der Waals surface area contributed by atoms with Crippen LogP contribution in [0.2, 0.25) is 5.15 Å². The third-order valence-electron chi connectivity index (χ3n) is 2.75. The Balaban J connectivity index is 2.75. The molecule has 0 aromatic carbocycles. The predicted octanol–water partition coefficient (Wildman–Crippen LogP) is 1.70. The van der Waals surface area contributed by atoms with Gasteiger partial charge in [0.1, 0.15) is 0 Å². The summed E-state index contributed by atoms with van der Waals surface area (Å²) in [7, 11) is 1.67. The second kappa shape index (κ2) is 6.68. The zero-order valence-electron chi connectivity index (χ0n) is 11.4. The number of halogens is 1. The molecule has 0 fully saturated rings. The molecule has 1 aromatic rings. The number of nitrogens with two attached hydrogens (primary N) is 1. The van der Waals surface area contributed by atoms with Crippen LogP contribution in [-0.4, -0.2) is 36.4 Å². The molecule has 1 aromatic heterocycles. The number of hydrogen-bond donors (Lipinski definition) is 2. The van der Waals surface area contributed by atoms with E-state index in [1.807, 2.05) is 0 Å². The molecule has 0 aliphatic carbocycles. The largest absolute Gasteiger partial charge is 0.385 e. The molecule has 0 radical (unpaired) electrons. The summed E-state index contributed by atoms with van der Waals surface area (Å²) >= 11 is 5.69. The van der Waals surface area contributed by atoms with Crippen molar-refractivity contribution >= 4 is 23.3 Å². The van der Waals surface area contributed by atoms with Crippen LogP contribution in [0.4, 0.5) is 5.82 Å². The van der Waals surface area contributed by atoms with E-state index < -0.39 is 5.91 Å². The monoisotopic (exact) mass is 286 g/mol. The number of carbonyl (C=O) groups is 1. The molecule has 1 heterocycles.